The normalized spacial score (nSPS) is 10.1. The van der Waals surface area contributed by atoms with E-state index in [0.29, 0.717) is 16.9 Å². The smallest absolute Gasteiger partial charge is 0.339 e. The molecule has 82 valence electrons. The number of carboxylic acid groups (broad SMARTS) is 1. The van der Waals surface area contributed by atoms with Crippen molar-refractivity contribution in [3.63, 3.8) is 0 Å². The molecule has 0 atom stereocenters. The van der Waals surface area contributed by atoms with Crippen molar-refractivity contribution >= 4 is 5.97 Å². The number of aromatic carboxylic acids is 1. The summed E-state index contributed by atoms with van der Waals surface area (Å²) in [6.45, 7) is 5.06. The fraction of sp³-hybridized carbons (Fsp3) is 0.364. The average Bonchev–Trinajstić information content (AvgIpc) is 2.16. The predicted molar refractivity (Wildman–Crippen MR) is 55.8 cm³/mol. The van der Waals surface area contributed by atoms with Crippen molar-refractivity contribution < 1.29 is 19.7 Å². The minimum atomic E-state index is -1.13. The fourth-order valence-corrected chi connectivity index (χ4v) is 1.68. The van der Waals surface area contributed by atoms with E-state index in [-0.39, 0.29) is 11.3 Å². The Kier molecular flexibility index (Phi) is 2.88. The number of hydrogen-bond acceptors (Lipinski definition) is 3. The number of hydrogen-bond donors (Lipinski definition) is 2. The lowest BCUT2D eigenvalue weighted by Gasteiger charge is -2.15. The molecule has 0 saturated heterocycles. The van der Waals surface area contributed by atoms with E-state index < -0.39 is 5.97 Å². The van der Waals surface area contributed by atoms with Gasteiger partial charge in [0, 0.05) is 5.56 Å². The Bertz CT molecular complexity index is 392. The molecule has 0 spiro atoms. The number of rotatable bonds is 2. The molecule has 0 heterocycles. The molecule has 0 radical (unpaired) electrons. The zero-order valence-electron chi connectivity index (χ0n) is 9.21. The van der Waals surface area contributed by atoms with Crippen molar-refractivity contribution in [1.82, 2.24) is 0 Å². The first-order valence-electron chi connectivity index (χ1n) is 4.51. The summed E-state index contributed by atoms with van der Waals surface area (Å²) < 4.78 is 5.12. The highest BCUT2D eigenvalue weighted by Gasteiger charge is 2.21. The minimum absolute atomic E-state index is 0.0502. The number of phenols is 1. The molecule has 0 bridgehead atoms. The van der Waals surface area contributed by atoms with E-state index in [1.807, 2.05) is 0 Å². The van der Waals surface area contributed by atoms with Crippen LogP contribution in [-0.4, -0.2) is 23.3 Å². The molecule has 4 nitrogen and oxygen atoms in total. The molecular weight excluding hydrogens is 196 g/mol. The summed E-state index contributed by atoms with van der Waals surface area (Å²) >= 11 is 0. The van der Waals surface area contributed by atoms with Gasteiger partial charge in [0.05, 0.1) is 7.11 Å². The van der Waals surface area contributed by atoms with Crippen LogP contribution in [0.5, 0.6) is 11.5 Å². The number of benzene rings is 1. The maximum atomic E-state index is 10.9. The monoisotopic (exact) mass is 210 g/mol. The van der Waals surface area contributed by atoms with Crippen molar-refractivity contribution in [1.29, 1.82) is 0 Å². The lowest BCUT2D eigenvalue weighted by molar-refractivity contribution is 0.0692. The van der Waals surface area contributed by atoms with Crippen molar-refractivity contribution in [2.24, 2.45) is 0 Å². The zero-order chi connectivity index (χ0) is 11.7. The maximum Gasteiger partial charge on any atom is 0.339 e. The van der Waals surface area contributed by atoms with E-state index >= 15 is 0 Å². The molecule has 0 aliphatic heterocycles. The van der Waals surface area contributed by atoms with Gasteiger partial charge in [0.1, 0.15) is 17.1 Å². The lowest BCUT2D eigenvalue weighted by Crippen LogP contribution is -2.05. The first-order chi connectivity index (χ1) is 6.91. The molecule has 0 aromatic heterocycles. The summed E-state index contributed by atoms with van der Waals surface area (Å²) in [4.78, 5) is 10.9. The predicted octanol–water partition coefficient (Wildman–Crippen LogP) is 2.02. The second-order valence-electron chi connectivity index (χ2n) is 3.44. The van der Waals surface area contributed by atoms with E-state index in [1.54, 1.807) is 20.8 Å². The summed E-state index contributed by atoms with van der Waals surface area (Å²) in [7, 11) is 1.49. The molecule has 0 unspecified atom stereocenters. The third-order valence-electron chi connectivity index (χ3n) is 2.63. The highest BCUT2D eigenvalue weighted by molar-refractivity contribution is 5.94. The molecular formula is C11H14O4. The molecule has 1 rings (SSSR count). The van der Waals surface area contributed by atoms with Crippen molar-refractivity contribution in [2.45, 2.75) is 20.8 Å². The lowest BCUT2D eigenvalue weighted by atomic mass is 9.97. The Balaban J connectivity index is 3.66. The topological polar surface area (TPSA) is 66.8 Å². The molecule has 1 aromatic rings. The molecule has 15 heavy (non-hydrogen) atoms. The first-order valence-corrected chi connectivity index (χ1v) is 4.51. The quantitative estimate of drug-likeness (QED) is 0.783. The molecule has 0 aliphatic rings. The van der Waals surface area contributed by atoms with Crippen molar-refractivity contribution in [3.05, 3.63) is 22.3 Å². The van der Waals surface area contributed by atoms with Crippen molar-refractivity contribution in [3.8, 4) is 11.5 Å². The fourth-order valence-electron chi connectivity index (χ4n) is 1.68. The number of aromatic hydroxyl groups is 1. The molecule has 0 fully saturated rings. The molecule has 1 aromatic carbocycles. The van der Waals surface area contributed by atoms with Crippen molar-refractivity contribution in [2.75, 3.05) is 7.11 Å². The largest absolute Gasteiger partial charge is 0.507 e. The van der Waals surface area contributed by atoms with Crippen LogP contribution in [0.1, 0.15) is 27.0 Å². The van der Waals surface area contributed by atoms with E-state index in [9.17, 15) is 9.90 Å². The second-order valence-corrected chi connectivity index (χ2v) is 3.44. The van der Waals surface area contributed by atoms with E-state index in [2.05, 4.69) is 0 Å². The van der Waals surface area contributed by atoms with Crippen LogP contribution in [0.4, 0.5) is 0 Å². The van der Waals surface area contributed by atoms with Crippen LogP contribution in [0.15, 0.2) is 0 Å². The van der Waals surface area contributed by atoms with Gasteiger partial charge in [-0.05, 0) is 31.9 Å². The summed E-state index contributed by atoms with van der Waals surface area (Å²) in [5.74, 6) is -0.809. The van der Waals surface area contributed by atoms with Gasteiger partial charge in [0.25, 0.3) is 0 Å². The van der Waals surface area contributed by atoms with Crippen LogP contribution < -0.4 is 4.74 Å². The molecule has 0 aliphatic carbocycles. The summed E-state index contributed by atoms with van der Waals surface area (Å²) in [5, 5.41) is 18.7. The van der Waals surface area contributed by atoms with Gasteiger partial charge in [-0.3, -0.25) is 0 Å². The van der Waals surface area contributed by atoms with E-state index in [4.69, 9.17) is 9.84 Å². The van der Waals surface area contributed by atoms with Crippen LogP contribution in [0.3, 0.4) is 0 Å². The van der Waals surface area contributed by atoms with Gasteiger partial charge in [-0.15, -0.1) is 0 Å². The zero-order valence-corrected chi connectivity index (χ0v) is 9.21. The van der Waals surface area contributed by atoms with Gasteiger partial charge >= 0.3 is 5.97 Å². The molecule has 2 N–H and O–H groups in total. The average molecular weight is 210 g/mol. The number of carboxylic acids is 1. The SMILES string of the molecule is COc1c(C)c(C)c(C(=O)O)c(O)c1C. The van der Waals surface area contributed by atoms with Gasteiger partial charge in [0.2, 0.25) is 0 Å². The second kappa shape index (κ2) is 3.81. The third kappa shape index (κ3) is 1.63. The Morgan fingerprint density at radius 2 is 1.67 bits per heavy atom. The Morgan fingerprint density at radius 1 is 1.13 bits per heavy atom. The molecule has 0 amide bonds. The Morgan fingerprint density at radius 3 is 2.07 bits per heavy atom. The number of methoxy groups -OCH3 is 1. The van der Waals surface area contributed by atoms with Crippen LogP contribution >= 0.6 is 0 Å². The van der Waals surface area contributed by atoms with Crippen LogP contribution in [0.25, 0.3) is 0 Å². The third-order valence-corrected chi connectivity index (χ3v) is 2.63. The minimum Gasteiger partial charge on any atom is -0.507 e. The highest BCUT2D eigenvalue weighted by atomic mass is 16.5. The van der Waals surface area contributed by atoms with Crippen LogP contribution in [0.2, 0.25) is 0 Å². The standard InChI is InChI=1S/C11H14O4/c1-5-6(2)10(15-4)7(3)9(12)8(5)11(13)14/h12H,1-4H3,(H,13,14). The Labute approximate surface area is 88.1 Å². The summed E-state index contributed by atoms with van der Waals surface area (Å²) in [6.07, 6.45) is 0. The summed E-state index contributed by atoms with van der Waals surface area (Å²) in [5.41, 5.74) is 1.68. The van der Waals surface area contributed by atoms with E-state index in [0.717, 1.165) is 5.56 Å². The molecule has 0 saturated carbocycles. The Hall–Kier alpha value is -1.71. The maximum absolute atomic E-state index is 10.9. The van der Waals surface area contributed by atoms with Gasteiger partial charge < -0.3 is 14.9 Å². The molecule has 4 heteroatoms. The van der Waals surface area contributed by atoms with Crippen LogP contribution in [0, 0.1) is 20.8 Å². The number of carbonyl (C=O) groups is 1. The van der Waals surface area contributed by atoms with Gasteiger partial charge in [-0.2, -0.15) is 0 Å². The van der Waals surface area contributed by atoms with Gasteiger partial charge in [0.15, 0.2) is 0 Å². The van der Waals surface area contributed by atoms with Crippen LogP contribution in [-0.2, 0) is 0 Å². The summed E-state index contributed by atoms with van der Waals surface area (Å²) in [6, 6.07) is 0. The first kappa shape index (κ1) is 11.4. The highest BCUT2D eigenvalue weighted by Crippen LogP contribution is 2.36. The van der Waals surface area contributed by atoms with E-state index in [1.165, 1.54) is 7.11 Å². The number of ether oxygens (including phenoxy) is 1. The van der Waals surface area contributed by atoms with Gasteiger partial charge in [-0.1, -0.05) is 0 Å². The van der Waals surface area contributed by atoms with Gasteiger partial charge in [-0.25, -0.2) is 4.79 Å².